The number of aliphatic carboxylic acids is 1. The molecule has 188 valence electrons. The molecule has 0 radical (unpaired) electrons. The second kappa shape index (κ2) is 11.2. The number of nitrogens with zero attached hydrogens (tertiary/aromatic N) is 2. The van der Waals surface area contributed by atoms with Crippen molar-refractivity contribution in [3.8, 4) is 0 Å². The number of rotatable bonds is 10. The summed E-state index contributed by atoms with van der Waals surface area (Å²) in [5.74, 6) is -0.357. The number of likely N-dealkylation sites (N-methyl/N-ethyl adjacent to an activating group) is 1. The standard InChI is InChI=1S/C24H31N7O3.ClH/c1-14-17(24(2,23(34)31(3)4)28-12-11-20(32)33)9-10-18-21(14)30-19(29-18)13-27-16-7-5-15(6-8-16)22(25)26;/h5-10,27-28H,11-13H2,1-4H3,(H3,25,26)(H,29,30)(H,32,33);1H. The normalized spacial score (nSPS) is 12.5. The fourth-order valence-electron chi connectivity index (χ4n) is 3.99. The number of carboxylic acid groups (broad SMARTS) is 1. The molecule has 7 N–H and O–H groups in total. The van der Waals surface area contributed by atoms with Crippen molar-refractivity contribution >= 4 is 46.8 Å². The number of benzene rings is 2. The maximum absolute atomic E-state index is 13.1. The molecule has 0 saturated heterocycles. The van der Waals surface area contributed by atoms with Gasteiger partial charge in [0.05, 0.1) is 24.0 Å². The van der Waals surface area contributed by atoms with Gasteiger partial charge < -0.3 is 26.0 Å². The monoisotopic (exact) mass is 501 g/mol. The van der Waals surface area contributed by atoms with Gasteiger partial charge in [0.1, 0.15) is 17.2 Å². The SMILES string of the molecule is Cc1c(C(C)(NCCC(=O)O)C(=O)N(C)C)ccc2[nH]c(CNc3ccc(C(=N)N)cc3)nc12.Cl. The maximum Gasteiger partial charge on any atom is 0.304 e. The number of imidazole rings is 1. The molecule has 0 fully saturated rings. The molecule has 1 heterocycles. The second-order valence-electron chi connectivity index (χ2n) is 8.56. The first kappa shape index (κ1) is 27.6. The molecule has 0 saturated carbocycles. The number of carbonyl (C=O) groups excluding carboxylic acids is 1. The van der Waals surface area contributed by atoms with E-state index in [1.165, 1.54) is 4.90 Å². The van der Waals surface area contributed by atoms with Crippen LogP contribution in [-0.4, -0.2) is 58.3 Å². The number of hydrogen-bond donors (Lipinski definition) is 6. The first-order valence-corrected chi connectivity index (χ1v) is 10.9. The topological polar surface area (TPSA) is 160 Å². The zero-order valence-electron chi connectivity index (χ0n) is 20.2. The number of halogens is 1. The van der Waals surface area contributed by atoms with Crippen molar-refractivity contribution in [3.05, 3.63) is 58.9 Å². The van der Waals surface area contributed by atoms with E-state index in [-0.39, 0.29) is 37.1 Å². The van der Waals surface area contributed by atoms with Gasteiger partial charge in [0.2, 0.25) is 5.91 Å². The third kappa shape index (κ3) is 6.09. The highest BCUT2D eigenvalue weighted by Crippen LogP contribution is 2.30. The molecule has 2 aromatic carbocycles. The van der Waals surface area contributed by atoms with Crippen LogP contribution in [0.15, 0.2) is 36.4 Å². The molecule has 1 unspecified atom stereocenters. The number of hydrogen-bond acceptors (Lipinski definition) is 6. The Kier molecular flexibility index (Phi) is 8.83. The van der Waals surface area contributed by atoms with Crippen LogP contribution in [-0.2, 0) is 21.7 Å². The number of aromatic nitrogens is 2. The molecular weight excluding hydrogens is 470 g/mol. The lowest BCUT2D eigenvalue weighted by atomic mass is 9.86. The summed E-state index contributed by atoms with van der Waals surface area (Å²) in [7, 11) is 3.35. The van der Waals surface area contributed by atoms with Crippen LogP contribution in [0.25, 0.3) is 11.0 Å². The van der Waals surface area contributed by atoms with Gasteiger partial charge >= 0.3 is 5.97 Å². The Morgan fingerprint density at radius 3 is 2.43 bits per heavy atom. The Balaban J connectivity index is 0.00000432. The summed E-state index contributed by atoms with van der Waals surface area (Å²) < 4.78 is 0. The van der Waals surface area contributed by atoms with Gasteiger partial charge in [-0.05, 0) is 55.3 Å². The van der Waals surface area contributed by atoms with E-state index in [0.717, 1.165) is 33.7 Å². The van der Waals surface area contributed by atoms with E-state index in [0.29, 0.717) is 12.1 Å². The number of carboxylic acids is 1. The molecule has 1 aromatic heterocycles. The van der Waals surface area contributed by atoms with E-state index in [2.05, 4.69) is 15.6 Å². The molecule has 3 aromatic rings. The lowest BCUT2D eigenvalue weighted by Gasteiger charge is -2.34. The molecule has 3 rings (SSSR count). The number of aryl methyl sites for hydroxylation is 1. The summed E-state index contributed by atoms with van der Waals surface area (Å²) in [4.78, 5) is 33.7. The highest BCUT2D eigenvalue weighted by Gasteiger charge is 2.37. The van der Waals surface area contributed by atoms with Gasteiger partial charge in [-0.15, -0.1) is 12.4 Å². The average molecular weight is 502 g/mol. The number of fused-ring (bicyclic) bond motifs is 1. The fourth-order valence-corrected chi connectivity index (χ4v) is 3.99. The molecular formula is C24H32ClN7O3. The molecule has 35 heavy (non-hydrogen) atoms. The Bertz CT molecular complexity index is 1220. The molecule has 0 bridgehead atoms. The summed E-state index contributed by atoms with van der Waals surface area (Å²) in [6.45, 7) is 4.29. The highest BCUT2D eigenvalue weighted by molar-refractivity contribution is 5.95. The largest absolute Gasteiger partial charge is 0.481 e. The van der Waals surface area contributed by atoms with Crippen molar-refractivity contribution in [2.24, 2.45) is 5.73 Å². The molecule has 1 amide bonds. The number of carbonyl (C=O) groups is 2. The van der Waals surface area contributed by atoms with Gasteiger partial charge in [-0.2, -0.15) is 0 Å². The van der Waals surface area contributed by atoms with E-state index in [1.807, 2.05) is 31.2 Å². The van der Waals surface area contributed by atoms with Gasteiger partial charge in [0.15, 0.2) is 0 Å². The van der Waals surface area contributed by atoms with E-state index >= 15 is 0 Å². The van der Waals surface area contributed by atoms with Crippen molar-refractivity contribution in [1.82, 2.24) is 20.2 Å². The second-order valence-corrected chi connectivity index (χ2v) is 8.56. The van der Waals surface area contributed by atoms with Crippen LogP contribution >= 0.6 is 12.4 Å². The Hall–Kier alpha value is -3.63. The lowest BCUT2D eigenvalue weighted by Crippen LogP contribution is -2.52. The Morgan fingerprint density at radius 1 is 1.20 bits per heavy atom. The van der Waals surface area contributed by atoms with Crippen molar-refractivity contribution in [2.45, 2.75) is 32.4 Å². The Labute approximate surface area is 210 Å². The molecule has 11 heteroatoms. The smallest absolute Gasteiger partial charge is 0.304 e. The van der Waals surface area contributed by atoms with Crippen molar-refractivity contribution in [3.63, 3.8) is 0 Å². The van der Waals surface area contributed by atoms with E-state index < -0.39 is 11.5 Å². The third-order valence-corrected chi connectivity index (χ3v) is 5.80. The third-order valence-electron chi connectivity index (χ3n) is 5.80. The van der Waals surface area contributed by atoms with Crippen LogP contribution in [0.2, 0.25) is 0 Å². The van der Waals surface area contributed by atoms with E-state index in [4.69, 9.17) is 21.2 Å². The minimum atomic E-state index is -1.10. The molecule has 0 aliphatic heterocycles. The van der Waals surface area contributed by atoms with Gasteiger partial charge in [-0.3, -0.25) is 20.3 Å². The Morgan fingerprint density at radius 2 is 1.86 bits per heavy atom. The summed E-state index contributed by atoms with van der Waals surface area (Å²) in [6.07, 6.45) is -0.0940. The molecule has 0 spiro atoms. The van der Waals surface area contributed by atoms with Crippen molar-refractivity contribution in [1.29, 1.82) is 5.41 Å². The average Bonchev–Trinajstić information content (AvgIpc) is 3.21. The summed E-state index contributed by atoms with van der Waals surface area (Å²) in [5, 5.41) is 22.9. The molecule has 1 atom stereocenters. The number of nitrogens with two attached hydrogens (primary N) is 1. The van der Waals surface area contributed by atoms with Crippen LogP contribution in [0.4, 0.5) is 5.69 Å². The number of nitrogen functional groups attached to an aromatic ring is 1. The van der Waals surface area contributed by atoms with Gasteiger partial charge in [0.25, 0.3) is 0 Å². The first-order valence-electron chi connectivity index (χ1n) is 10.9. The summed E-state index contributed by atoms with van der Waals surface area (Å²) >= 11 is 0. The summed E-state index contributed by atoms with van der Waals surface area (Å²) in [6, 6.07) is 11.0. The molecule has 0 aliphatic carbocycles. The maximum atomic E-state index is 13.1. The fraction of sp³-hybridized carbons (Fsp3) is 0.333. The number of amidine groups is 1. The van der Waals surface area contributed by atoms with Crippen LogP contribution in [0, 0.1) is 12.3 Å². The van der Waals surface area contributed by atoms with Gasteiger partial charge in [-0.25, -0.2) is 4.98 Å². The number of anilines is 1. The molecule has 0 aliphatic rings. The number of H-pyrrole nitrogens is 1. The minimum absolute atomic E-state index is 0. The van der Waals surface area contributed by atoms with Crippen molar-refractivity contribution in [2.75, 3.05) is 26.0 Å². The molecule has 10 nitrogen and oxygen atoms in total. The number of nitrogens with one attached hydrogen (secondary N) is 4. The van der Waals surface area contributed by atoms with E-state index in [1.54, 1.807) is 33.2 Å². The zero-order valence-corrected chi connectivity index (χ0v) is 21.0. The van der Waals surface area contributed by atoms with Crippen LogP contribution < -0.4 is 16.4 Å². The minimum Gasteiger partial charge on any atom is -0.481 e. The predicted octanol–water partition coefficient (Wildman–Crippen LogP) is 2.56. The summed E-state index contributed by atoms with van der Waals surface area (Å²) in [5.41, 5.74) is 9.10. The van der Waals surface area contributed by atoms with Gasteiger partial charge in [-0.1, -0.05) is 6.07 Å². The first-order chi connectivity index (χ1) is 16.0. The van der Waals surface area contributed by atoms with Gasteiger partial charge in [0, 0.05) is 31.9 Å². The number of amides is 1. The predicted molar refractivity (Wildman–Crippen MR) is 139 cm³/mol. The number of aromatic amines is 1. The van der Waals surface area contributed by atoms with E-state index in [9.17, 15) is 9.59 Å². The van der Waals surface area contributed by atoms with Crippen LogP contribution in [0.5, 0.6) is 0 Å². The van der Waals surface area contributed by atoms with Crippen LogP contribution in [0.3, 0.4) is 0 Å². The quantitative estimate of drug-likeness (QED) is 0.184. The lowest BCUT2D eigenvalue weighted by molar-refractivity contribution is -0.138. The zero-order chi connectivity index (χ0) is 25.0. The highest BCUT2D eigenvalue weighted by atomic mass is 35.5. The van der Waals surface area contributed by atoms with Crippen LogP contribution in [0.1, 0.15) is 35.9 Å². The van der Waals surface area contributed by atoms with Crippen molar-refractivity contribution < 1.29 is 14.7 Å².